The lowest BCUT2D eigenvalue weighted by atomic mass is 10.1. The van der Waals surface area contributed by atoms with Crippen LogP contribution < -0.4 is 0 Å². The summed E-state index contributed by atoms with van der Waals surface area (Å²) < 4.78 is 28.8. The van der Waals surface area contributed by atoms with Crippen LogP contribution in [0.2, 0.25) is 0 Å². The minimum atomic E-state index is -3.12. The van der Waals surface area contributed by atoms with Gasteiger partial charge in [-0.05, 0) is 38.3 Å². The Kier molecular flexibility index (Phi) is 7.10. The molecule has 0 bridgehead atoms. The zero-order valence-corrected chi connectivity index (χ0v) is 18.2. The first-order chi connectivity index (χ1) is 13.7. The van der Waals surface area contributed by atoms with Crippen molar-refractivity contribution in [1.29, 1.82) is 0 Å². The molecule has 1 atom stereocenters. The topological polar surface area (TPSA) is 97.8 Å². The molecular formula is C20H27NO6S2. The number of carbonyl (C=O) groups excluding carboxylic acids is 3. The number of thiophene rings is 1. The van der Waals surface area contributed by atoms with Gasteiger partial charge < -0.3 is 9.64 Å². The van der Waals surface area contributed by atoms with Crippen LogP contribution in [0.25, 0.3) is 0 Å². The Balaban J connectivity index is 1.51. The smallest absolute Gasteiger partial charge is 0.306 e. The van der Waals surface area contributed by atoms with Gasteiger partial charge in [0.15, 0.2) is 22.2 Å². The summed E-state index contributed by atoms with van der Waals surface area (Å²) in [6.45, 7) is 1.51. The molecular weight excluding hydrogens is 414 g/mol. The molecule has 7 nitrogen and oxygen atoms in total. The van der Waals surface area contributed by atoms with E-state index in [1.165, 1.54) is 11.3 Å². The summed E-state index contributed by atoms with van der Waals surface area (Å²) >= 11 is 1.39. The first-order valence-corrected chi connectivity index (χ1v) is 12.7. The highest BCUT2D eigenvalue weighted by Crippen LogP contribution is 2.29. The molecule has 9 heteroatoms. The van der Waals surface area contributed by atoms with Gasteiger partial charge in [-0.1, -0.05) is 12.8 Å². The minimum absolute atomic E-state index is 0.0160. The zero-order chi connectivity index (χ0) is 21.0. The first kappa shape index (κ1) is 22.0. The van der Waals surface area contributed by atoms with Gasteiger partial charge in [0.2, 0.25) is 0 Å². The minimum Gasteiger partial charge on any atom is -0.456 e. The molecule has 0 spiro atoms. The number of nitrogens with zero attached hydrogens (tertiary/aromatic N) is 1. The van der Waals surface area contributed by atoms with E-state index in [0.29, 0.717) is 11.3 Å². The third-order valence-corrected chi connectivity index (χ3v) is 8.33. The van der Waals surface area contributed by atoms with Crippen LogP contribution in [-0.4, -0.2) is 61.2 Å². The van der Waals surface area contributed by atoms with Crippen molar-refractivity contribution in [3.63, 3.8) is 0 Å². The maximum Gasteiger partial charge on any atom is 0.306 e. The van der Waals surface area contributed by atoms with Crippen LogP contribution >= 0.6 is 11.3 Å². The number of hydrogen-bond donors (Lipinski definition) is 0. The number of ether oxygens (including phenoxy) is 1. The van der Waals surface area contributed by atoms with Crippen molar-refractivity contribution >= 4 is 38.8 Å². The van der Waals surface area contributed by atoms with E-state index in [-0.39, 0.29) is 48.1 Å². The number of hydrogen-bond acceptors (Lipinski definition) is 7. The number of amides is 1. The highest BCUT2D eigenvalue weighted by Gasteiger charge is 2.39. The molecule has 0 N–H and O–H groups in total. The Labute approximate surface area is 175 Å². The standard InChI is InChI=1S/C20H27NO6S2/c1-14-6-8-18(28-14)17(22)7-9-20(24)27-12-19(23)21(15-4-2-3-5-15)16-10-11-29(25,26)13-16/h6,8,15-16H,2-5,7,9-13H2,1H3. The highest BCUT2D eigenvalue weighted by molar-refractivity contribution is 7.91. The molecule has 1 unspecified atom stereocenters. The number of aryl methyl sites for hydroxylation is 1. The van der Waals surface area contributed by atoms with E-state index in [9.17, 15) is 22.8 Å². The molecule has 1 aliphatic heterocycles. The molecule has 1 saturated carbocycles. The predicted octanol–water partition coefficient (Wildman–Crippen LogP) is 2.52. The third-order valence-electron chi connectivity index (χ3n) is 5.54. The van der Waals surface area contributed by atoms with Crippen molar-refractivity contribution in [3.8, 4) is 0 Å². The van der Waals surface area contributed by atoms with Gasteiger partial charge in [-0.3, -0.25) is 14.4 Å². The average Bonchev–Trinajstić information content (AvgIpc) is 3.40. The fourth-order valence-electron chi connectivity index (χ4n) is 4.09. The molecule has 2 fully saturated rings. The molecule has 1 aromatic heterocycles. The van der Waals surface area contributed by atoms with Crippen molar-refractivity contribution in [2.24, 2.45) is 0 Å². The van der Waals surface area contributed by atoms with Gasteiger partial charge in [-0.25, -0.2) is 8.42 Å². The van der Waals surface area contributed by atoms with Crippen LogP contribution in [0.15, 0.2) is 12.1 Å². The SMILES string of the molecule is Cc1ccc(C(=O)CCC(=O)OCC(=O)N(C2CCCC2)C2CCS(=O)(=O)C2)s1. The third kappa shape index (κ3) is 5.88. The molecule has 0 aromatic carbocycles. The molecule has 1 aliphatic carbocycles. The van der Waals surface area contributed by atoms with E-state index in [4.69, 9.17) is 4.74 Å². The van der Waals surface area contributed by atoms with Crippen molar-refractivity contribution in [2.75, 3.05) is 18.1 Å². The summed E-state index contributed by atoms with van der Waals surface area (Å²) in [5.41, 5.74) is 0. The summed E-state index contributed by atoms with van der Waals surface area (Å²) in [4.78, 5) is 40.2. The Bertz CT molecular complexity index is 869. The van der Waals surface area contributed by atoms with Gasteiger partial charge in [0.05, 0.1) is 22.8 Å². The summed E-state index contributed by atoms with van der Waals surface area (Å²) in [6, 6.07) is 3.28. The van der Waals surface area contributed by atoms with Gasteiger partial charge in [0.1, 0.15) is 0 Å². The molecule has 29 heavy (non-hydrogen) atoms. The maximum absolute atomic E-state index is 12.8. The van der Waals surface area contributed by atoms with Crippen LogP contribution in [0.4, 0.5) is 0 Å². The van der Waals surface area contributed by atoms with Gasteiger partial charge >= 0.3 is 5.97 Å². The fourth-order valence-corrected chi connectivity index (χ4v) is 6.64. The predicted molar refractivity (Wildman–Crippen MR) is 110 cm³/mol. The number of carbonyl (C=O) groups is 3. The largest absolute Gasteiger partial charge is 0.456 e. The second-order valence-corrected chi connectivity index (χ2v) is 11.3. The van der Waals surface area contributed by atoms with Gasteiger partial charge in [0.25, 0.3) is 5.91 Å². The van der Waals surface area contributed by atoms with E-state index in [1.807, 2.05) is 13.0 Å². The van der Waals surface area contributed by atoms with Gasteiger partial charge in [-0.2, -0.15) is 0 Å². The number of Topliss-reactive ketones (excluding diaryl/α,β-unsaturated/α-hetero) is 1. The fraction of sp³-hybridized carbons (Fsp3) is 0.650. The molecule has 0 radical (unpaired) electrons. The highest BCUT2D eigenvalue weighted by atomic mass is 32.2. The molecule has 2 aliphatic rings. The van der Waals surface area contributed by atoms with E-state index >= 15 is 0 Å². The van der Waals surface area contributed by atoms with Crippen LogP contribution in [0.5, 0.6) is 0 Å². The summed E-state index contributed by atoms with van der Waals surface area (Å²) in [7, 11) is -3.12. The van der Waals surface area contributed by atoms with Crippen molar-refractivity contribution in [3.05, 3.63) is 21.9 Å². The monoisotopic (exact) mass is 441 g/mol. The average molecular weight is 442 g/mol. The zero-order valence-electron chi connectivity index (χ0n) is 16.6. The molecule has 3 rings (SSSR count). The number of rotatable bonds is 8. The molecule has 2 heterocycles. The Hall–Kier alpha value is -1.74. The molecule has 1 aromatic rings. The maximum atomic E-state index is 12.8. The van der Waals surface area contributed by atoms with Crippen molar-refractivity contribution < 1.29 is 27.5 Å². The van der Waals surface area contributed by atoms with Crippen LogP contribution in [0.1, 0.15) is 59.5 Å². The summed E-state index contributed by atoms with van der Waals surface area (Å²) in [5, 5.41) is 0. The van der Waals surface area contributed by atoms with E-state index in [2.05, 4.69) is 0 Å². The lowest BCUT2D eigenvalue weighted by molar-refractivity contribution is -0.154. The lowest BCUT2D eigenvalue weighted by Crippen LogP contribution is -2.48. The lowest BCUT2D eigenvalue weighted by Gasteiger charge is -2.33. The van der Waals surface area contributed by atoms with Gasteiger partial charge in [0, 0.05) is 23.4 Å². The second kappa shape index (κ2) is 9.38. The normalized spacial score (nSPS) is 21.2. The molecule has 1 saturated heterocycles. The Morgan fingerprint density at radius 1 is 1.10 bits per heavy atom. The first-order valence-electron chi connectivity index (χ1n) is 10.0. The number of sulfone groups is 1. The second-order valence-electron chi connectivity index (χ2n) is 7.79. The van der Waals surface area contributed by atoms with Crippen LogP contribution in [0.3, 0.4) is 0 Å². The van der Waals surface area contributed by atoms with Crippen molar-refractivity contribution in [1.82, 2.24) is 4.90 Å². The van der Waals surface area contributed by atoms with Gasteiger partial charge in [-0.15, -0.1) is 11.3 Å². The van der Waals surface area contributed by atoms with Crippen LogP contribution in [0, 0.1) is 6.92 Å². The number of ketones is 1. The van der Waals surface area contributed by atoms with E-state index in [0.717, 1.165) is 30.6 Å². The molecule has 1 amide bonds. The number of esters is 1. The van der Waals surface area contributed by atoms with Crippen molar-refractivity contribution in [2.45, 2.75) is 64.0 Å². The molecule has 160 valence electrons. The van der Waals surface area contributed by atoms with E-state index in [1.54, 1.807) is 11.0 Å². The van der Waals surface area contributed by atoms with E-state index < -0.39 is 22.4 Å². The summed E-state index contributed by atoms with van der Waals surface area (Å²) in [5.74, 6) is -0.969. The Morgan fingerprint density at radius 2 is 1.83 bits per heavy atom. The van der Waals surface area contributed by atoms with Crippen LogP contribution in [-0.2, 0) is 24.2 Å². The summed E-state index contributed by atoms with van der Waals surface area (Å²) in [6.07, 6.45) is 4.13. The quantitative estimate of drug-likeness (QED) is 0.454. The Morgan fingerprint density at radius 3 is 2.41 bits per heavy atom.